The van der Waals surface area contributed by atoms with Crippen LogP contribution in [0.4, 0.5) is 10.1 Å². The van der Waals surface area contributed by atoms with E-state index in [2.05, 4.69) is 0 Å². The molecule has 0 aromatic heterocycles. The van der Waals surface area contributed by atoms with Crippen LogP contribution in [0.2, 0.25) is 0 Å². The second-order valence-electron chi connectivity index (χ2n) is 4.58. The third kappa shape index (κ3) is 2.14. The van der Waals surface area contributed by atoms with E-state index < -0.39 is 11.6 Å². The number of nitriles is 1. The first-order valence-electron chi connectivity index (χ1n) is 6.06. The van der Waals surface area contributed by atoms with Gasteiger partial charge in [0.15, 0.2) is 5.78 Å². The summed E-state index contributed by atoms with van der Waals surface area (Å²) in [6, 6.07) is 9.30. The average Bonchev–Trinajstić information content (AvgIpc) is 2.43. The van der Waals surface area contributed by atoms with E-state index in [1.165, 1.54) is 18.2 Å². The maximum atomic E-state index is 13.7. The third-order valence-corrected chi connectivity index (χ3v) is 3.36. The second-order valence-corrected chi connectivity index (χ2v) is 4.58. The summed E-state index contributed by atoms with van der Waals surface area (Å²) in [6.45, 7) is 3.55. The van der Waals surface area contributed by atoms with E-state index in [1.54, 1.807) is 26.0 Å². The van der Waals surface area contributed by atoms with Gasteiger partial charge in [-0.25, -0.2) is 4.39 Å². The van der Waals surface area contributed by atoms with Gasteiger partial charge in [-0.3, -0.25) is 4.79 Å². The number of nitrogens with zero attached hydrogens (tertiary/aromatic N) is 1. The van der Waals surface area contributed by atoms with Gasteiger partial charge in [-0.1, -0.05) is 12.1 Å². The minimum atomic E-state index is -0.603. The van der Waals surface area contributed by atoms with E-state index in [9.17, 15) is 9.18 Å². The molecule has 0 amide bonds. The molecule has 0 aliphatic heterocycles. The number of aryl methyl sites for hydroxylation is 1. The Morgan fingerprint density at radius 1 is 1.25 bits per heavy atom. The summed E-state index contributed by atoms with van der Waals surface area (Å²) >= 11 is 0. The quantitative estimate of drug-likeness (QED) is 0.672. The highest BCUT2D eigenvalue weighted by molar-refractivity contribution is 6.13. The van der Waals surface area contributed by atoms with Crippen molar-refractivity contribution in [2.75, 3.05) is 5.73 Å². The van der Waals surface area contributed by atoms with E-state index in [1.807, 2.05) is 6.07 Å². The molecule has 0 radical (unpaired) electrons. The zero-order chi connectivity index (χ0) is 14.9. The lowest BCUT2D eigenvalue weighted by Gasteiger charge is -2.12. The lowest BCUT2D eigenvalue weighted by molar-refractivity contribution is 0.103. The van der Waals surface area contributed by atoms with E-state index in [0.29, 0.717) is 0 Å². The Kier molecular flexibility index (Phi) is 3.53. The fraction of sp³-hybridized carbons (Fsp3) is 0.125. The van der Waals surface area contributed by atoms with Gasteiger partial charge < -0.3 is 5.73 Å². The average molecular weight is 268 g/mol. The van der Waals surface area contributed by atoms with Crippen molar-refractivity contribution >= 4 is 11.5 Å². The number of hydrogen-bond donors (Lipinski definition) is 1. The van der Waals surface area contributed by atoms with Gasteiger partial charge in [0.2, 0.25) is 0 Å². The standard InChI is InChI=1S/C16H13FN2O/c1-9-7-12(15(19)13(8-18)10(9)2)16(20)11-5-3-4-6-14(11)17/h3-7H,19H2,1-2H3. The molecule has 4 heteroatoms. The molecule has 2 N–H and O–H groups in total. The van der Waals surface area contributed by atoms with Gasteiger partial charge in [-0.05, 0) is 43.2 Å². The lowest BCUT2D eigenvalue weighted by Crippen LogP contribution is -2.10. The first-order valence-corrected chi connectivity index (χ1v) is 6.06. The number of halogens is 1. The van der Waals surface area contributed by atoms with Crippen LogP contribution < -0.4 is 5.73 Å². The number of anilines is 1. The monoisotopic (exact) mass is 268 g/mol. The molecule has 2 aromatic rings. The van der Waals surface area contributed by atoms with Crippen LogP contribution in [0.3, 0.4) is 0 Å². The molecule has 20 heavy (non-hydrogen) atoms. The van der Waals surface area contributed by atoms with Crippen molar-refractivity contribution < 1.29 is 9.18 Å². The van der Waals surface area contributed by atoms with Crippen LogP contribution in [0.15, 0.2) is 30.3 Å². The van der Waals surface area contributed by atoms with Crippen molar-refractivity contribution in [1.29, 1.82) is 5.26 Å². The fourth-order valence-electron chi connectivity index (χ4n) is 2.06. The number of nitrogens with two attached hydrogens (primary N) is 1. The van der Waals surface area contributed by atoms with Gasteiger partial charge in [0, 0.05) is 5.56 Å². The molecule has 0 atom stereocenters. The Morgan fingerprint density at radius 2 is 1.90 bits per heavy atom. The molecule has 0 saturated heterocycles. The van der Waals surface area contributed by atoms with Crippen LogP contribution in [0.1, 0.15) is 32.6 Å². The molecule has 0 spiro atoms. The van der Waals surface area contributed by atoms with E-state index >= 15 is 0 Å². The van der Waals surface area contributed by atoms with E-state index in [0.717, 1.165) is 11.1 Å². The zero-order valence-corrected chi connectivity index (χ0v) is 11.2. The summed E-state index contributed by atoms with van der Waals surface area (Å²) < 4.78 is 13.7. The highest BCUT2D eigenvalue weighted by Crippen LogP contribution is 2.26. The lowest BCUT2D eigenvalue weighted by atomic mass is 9.93. The predicted molar refractivity (Wildman–Crippen MR) is 74.9 cm³/mol. The summed E-state index contributed by atoms with van der Waals surface area (Å²) in [5, 5.41) is 9.14. The molecule has 100 valence electrons. The highest BCUT2D eigenvalue weighted by atomic mass is 19.1. The summed E-state index contributed by atoms with van der Waals surface area (Å²) in [4.78, 5) is 12.4. The van der Waals surface area contributed by atoms with Crippen LogP contribution >= 0.6 is 0 Å². The van der Waals surface area contributed by atoms with Crippen molar-refractivity contribution in [1.82, 2.24) is 0 Å². The number of benzene rings is 2. The Bertz CT molecular complexity index is 745. The Morgan fingerprint density at radius 3 is 2.50 bits per heavy atom. The van der Waals surface area contributed by atoms with E-state index in [-0.39, 0.29) is 22.4 Å². The number of carbonyl (C=O) groups excluding carboxylic acids is 1. The van der Waals surface area contributed by atoms with Crippen molar-refractivity contribution in [2.24, 2.45) is 0 Å². The van der Waals surface area contributed by atoms with Crippen molar-refractivity contribution in [3.63, 3.8) is 0 Å². The molecular formula is C16H13FN2O. The number of ketones is 1. The van der Waals surface area contributed by atoms with Gasteiger partial charge in [0.1, 0.15) is 11.9 Å². The van der Waals surface area contributed by atoms with Crippen LogP contribution in [0.25, 0.3) is 0 Å². The summed E-state index contributed by atoms with van der Waals surface area (Å²) in [6.07, 6.45) is 0. The topological polar surface area (TPSA) is 66.9 Å². The molecule has 0 bridgehead atoms. The zero-order valence-electron chi connectivity index (χ0n) is 11.2. The maximum Gasteiger partial charge on any atom is 0.198 e. The summed E-state index contributed by atoms with van der Waals surface area (Å²) in [5.74, 6) is -1.12. The molecule has 0 unspecified atom stereocenters. The number of hydrogen-bond acceptors (Lipinski definition) is 3. The van der Waals surface area contributed by atoms with Crippen LogP contribution in [0, 0.1) is 31.0 Å². The smallest absolute Gasteiger partial charge is 0.198 e. The predicted octanol–water partition coefficient (Wildman–Crippen LogP) is 3.13. The molecular weight excluding hydrogens is 255 g/mol. The molecule has 2 aromatic carbocycles. The fourth-order valence-corrected chi connectivity index (χ4v) is 2.06. The molecule has 2 rings (SSSR count). The Labute approximate surface area is 116 Å². The van der Waals surface area contributed by atoms with E-state index in [4.69, 9.17) is 11.0 Å². The highest BCUT2D eigenvalue weighted by Gasteiger charge is 2.20. The second kappa shape index (κ2) is 5.14. The van der Waals surface area contributed by atoms with Crippen molar-refractivity contribution in [3.8, 4) is 6.07 Å². The van der Waals surface area contributed by atoms with Crippen LogP contribution in [-0.4, -0.2) is 5.78 Å². The minimum Gasteiger partial charge on any atom is -0.397 e. The van der Waals surface area contributed by atoms with Gasteiger partial charge >= 0.3 is 0 Å². The molecule has 0 heterocycles. The molecule has 3 nitrogen and oxygen atoms in total. The first kappa shape index (κ1) is 13.8. The molecule has 0 aliphatic rings. The number of rotatable bonds is 2. The number of carbonyl (C=O) groups is 1. The largest absolute Gasteiger partial charge is 0.397 e. The molecule has 0 saturated carbocycles. The Hall–Kier alpha value is -2.67. The minimum absolute atomic E-state index is 0.0497. The summed E-state index contributed by atoms with van der Waals surface area (Å²) in [7, 11) is 0. The maximum absolute atomic E-state index is 13.7. The van der Waals surface area contributed by atoms with Crippen molar-refractivity contribution in [3.05, 3.63) is 64.0 Å². The van der Waals surface area contributed by atoms with Gasteiger partial charge in [-0.2, -0.15) is 5.26 Å². The summed E-state index contributed by atoms with van der Waals surface area (Å²) in [5.41, 5.74) is 7.87. The molecule has 0 aliphatic carbocycles. The van der Waals surface area contributed by atoms with Gasteiger partial charge in [0.25, 0.3) is 0 Å². The number of nitrogen functional groups attached to an aromatic ring is 1. The Balaban J connectivity index is 2.66. The van der Waals surface area contributed by atoms with Gasteiger partial charge in [0.05, 0.1) is 16.8 Å². The third-order valence-electron chi connectivity index (χ3n) is 3.36. The SMILES string of the molecule is Cc1cc(C(=O)c2ccccc2F)c(N)c(C#N)c1C. The van der Waals surface area contributed by atoms with Crippen molar-refractivity contribution in [2.45, 2.75) is 13.8 Å². The van der Waals surface area contributed by atoms with Gasteiger partial charge in [-0.15, -0.1) is 0 Å². The normalized spacial score (nSPS) is 10.1. The van der Waals surface area contributed by atoms with Crippen LogP contribution in [0.5, 0.6) is 0 Å². The first-order chi connectivity index (χ1) is 9.47. The van der Waals surface area contributed by atoms with Crippen LogP contribution in [-0.2, 0) is 0 Å². The molecule has 0 fully saturated rings.